The highest BCUT2D eigenvalue weighted by Gasteiger charge is 2.19. The van der Waals surface area contributed by atoms with Crippen LogP contribution in [0, 0.1) is 0 Å². The Kier molecular flexibility index (Phi) is 63.1. The van der Waals surface area contributed by atoms with Crippen molar-refractivity contribution in [2.75, 3.05) is 13.2 Å². The quantitative estimate of drug-likeness (QED) is 0.0261. The van der Waals surface area contributed by atoms with Crippen molar-refractivity contribution in [1.29, 1.82) is 0 Å². The van der Waals surface area contributed by atoms with Gasteiger partial charge in [0.25, 0.3) is 0 Å². The number of hydrogen-bond donors (Lipinski definition) is 0. The largest absolute Gasteiger partial charge is 0.462 e. The fourth-order valence-corrected chi connectivity index (χ4v) is 10.6. The molecule has 0 fully saturated rings. The van der Waals surface area contributed by atoms with Gasteiger partial charge >= 0.3 is 17.9 Å². The van der Waals surface area contributed by atoms with Crippen LogP contribution in [0.5, 0.6) is 0 Å². The summed E-state index contributed by atoms with van der Waals surface area (Å²) in [5.41, 5.74) is 0. The van der Waals surface area contributed by atoms with E-state index in [0.29, 0.717) is 19.3 Å². The molecule has 0 aliphatic heterocycles. The molecule has 0 rings (SSSR count). The highest BCUT2D eigenvalue weighted by atomic mass is 16.6. The lowest BCUT2D eigenvalue weighted by atomic mass is 10.0. The molecule has 6 heteroatoms. The van der Waals surface area contributed by atoms with Crippen molar-refractivity contribution in [1.82, 2.24) is 0 Å². The molecule has 444 valence electrons. The molecule has 1 unspecified atom stereocenters. The third kappa shape index (κ3) is 62.9. The number of esters is 3. The Morgan fingerprint density at radius 1 is 0.253 bits per heavy atom. The van der Waals surface area contributed by atoms with E-state index in [0.717, 1.165) is 64.2 Å². The minimum absolute atomic E-state index is 0.0662. The van der Waals surface area contributed by atoms with Crippen molar-refractivity contribution < 1.29 is 28.6 Å². The molecule has 0 N–H and O–H groups in total. The molecule has 0 aromatic heterocycles. The van der Waals surface area contributed by atoms with Crippen LogP contribution in [0.4, 0.5) is 0 Å². The first-order valence-electron chi connectivity index (χ1n) is 34.2. The van der Waals surface area contributed by atoms with Crippen molar-refractivity contribution >= 4 is 17.9 Å². The second kappa shape index (κ2) is 64.7. The predicted octanol–water partition coefficient (Wildman–Crippen LogP) is 23.2. The number of unbranched alkanes of at least 4 members (excludes halogenated alkanes) is 51. The summed E-state index contributed by atoms with van der Waals surface area (Å²) in [6.45, 7) is 6.67. The van der Waals surface area contributed by atoms with E-state index >= 15 is 0 Å². The molecule has 0 aliphatic carbocycles. The smallest absolute Gasteiger partial charge is 0.306 e. The summed E-state index contributed by atoms with van der Waals surface area (Å²) in [5, 5.41) is 0. The third-order valence-corrected chi connectivity index (χ3v) is 15.8. The normalized spacial score (nSPS) is 12.0. The Bertz CT molecular complexity index is 1170. The Morgan fingerprint density at radius 3 is 0.707 bits per heavy atom. The second-order valence-corrected chi connectivity index (χ2v) is 23.5. The highest BCUT2D eigenvalue weighted by molar-refractivity contribution is 5.71. The van der Waals surface area contributed by atoms with Gasteiger partial charge in [-0.2, -0.15) is 0 Å². The number of carbonyl (C=O) groups excluding carboxylic acids is 3. The molecule has 6 nitrogen and oxygen atoms in total. The molecule has 0 aliphatic rings. The van der Waals surface area contributed by atoms with E-state index in [1.165, 1.54) is 289 Å². The van der Waals surface area contributed by atoms with Crippen molar-refractivity contribution in [2.24, 2.45) is 0 Å². The minimum atomic E-state index is -0.768. The van der Waals surface area contributed by atoms with E-state index < -0.39 is 6.10 Å². The van der Waals surface area contributed by atoms with Crippen molar-refractivity contribution in [3.63, 3.8) is 0 Å². The van der Waals surface area contributed by atoms with Gasteiger partial charge in [-0.05, 0) is 38.5 Å². The second-order valence-electron chi connectivity index (χ2n) is 23.5. The number of rotatable bonds is 64. The standard InChI is InChI=1S/C69H132O6/c1-4-7-10-13-16-19-22-24-26-28-29-30-31-32-33-34-35-36-37-38-39-40-41-43-44-47-50-53-56-59-62-68(71)74-65-66(64-73-67(70)61-58-55-52-49-46-21-18-15-12-9-6-3)75-69(72)63-60-57-54-51-48-45-42-27-25-23-20-17-14-11-8-5-2/h15,18,66H,4-14,16-17,19-65H2,1-3H3/b18-15-. The lowest BCUT2D eigenvalue weighted by molar-refractivity contribution is -0.167. The molecule has 0 aromatic rings. The topological polar surface area (TPSA) is 78.9 Å². The summed E-state index contributed by atoms with van der Waals surface area (Å²) in [6, 6.07) is 0. The zero-order chi connectivity index (χ0) is 54.3. The average Bonchev–Trinajstić information content (AvgIpc) is 3.41. The summed E-state index contributed by atoms with van der Waals surface area (Å²) in [6.07, 6.45) is 76.8. The fourth-order valence-electron chi connectivity index (χ4n) is 10.6. The van der Waals surface area contributed by atoms with E-state index in [-0.39, 0.29) is 31.1 Å². The van der Waals surface area contributed by atoms with Gasteiger partial charge in [-0.25, -0.2) is 0 Å². The molecule has 0 saturated carbocycles. The molecule has 0 aromatic carbocycles. The first-order chi connectivity index (χ1) is 37.0. The molecule has 1 atom stereocenters. The monoisotopic (exact) mass is 1060 g/mol. The maximum absolute atomic E-state index is 12.9. The van der Waals surface area contributed by atoms with E-state index in [1.807, 2.05) is 0 Å². The van der Waals surface area contributed by atoms with Crippen LogP contribution < -0.4 is 0 Å². The molecular weight excluding hydrogens is 925 g/mol. The summed E-state index contributed by atoms with van der Waals surface area (Å²) < 4.78 is 16.9. The highest BCUT2D eigenvalue weighted by Crippen LogP contribution is 2.19. The zero-order valence-corrected chi connectivity index (χ0v) is 51.1. The van der Waals surface area contributed by atoms with Crippen LogP contribution in [-0.2, 0) is 28.6 Å². The molecule has 75 heavy (non-hydrogen) atoms. The molecule has 0 bridgehead atoms. The Labute approximate surface area is 469 Å². The van der Waals surface area contributed by atoms with E-state index in [4.69, 9.17) is 14.2 Å². The predicted molar refractivity (Wildman–Crippen MR) is 326 cm³/mol. The molecule has 0 spiro atoms. The number of carbonyl (C=O) groups is 3. The van der Waals surface area contributed by atoms with Crippen LogP contribution in [0.25, 0.3) is 0 Å². The van der Waals surface area contributed by atoms with Crippen molar-refractivity contribution in [2.45, 2.75) is 399 Å². The first-order valence-corrected chi connectivity index (χ1v) is 34.2. The van der Waals surface area contributed by atoms with Gasteiger partial charge in [0, 0.05) is 19.3 Å². The summed E-state index contributed by atoms with van der Waals surface area (Å²) in [4.78, 5) is 38.2. The van der Waals surface area contributed by atoms with Gasteiger partial charge in [0.05, 0.1) is 0 Å². The molecule has 0 amide bonds. The fraction of sp³-hybridized carbons (Fsp3) is 0.928. The van der Waals surface area contributed by atoms with E-state index in [1.54, 1.807) is 0 Å². The number of ether oxygens (including phenoxy) is 3. The number of allylic oxidation sites excluding steroid dienone is 2. The SMILES string of the molecule is CCCC/C=C\CCCCCCCC(=O)OCC(COC(=O)CCCCCCCCCCCCCCCCCCCCCCCCCCCCCCCC)OC(=O)CCCCCCCCCCCCCCCCCC. The van der Waals surface area contributed by atoms with Gasteiger partial charge in [0.15, 0.2) is 6.10 Å². The average molecular weight is 1060 g/mol. The zero-order valence-electron chi connectivity index (χ0n) is 51.1. The van der Waals surface area contributed by atoms with Crippen LogP contribution in [0.1, 0.15) is 393 Å². The number of hydrogen-bond acceptors (Lipinski definition) is 6. The first kappa shape index (κ1) is 73.2. The summed E-state index contributed by atoms with van der Waals surface area (Å²) in [5.74, 6) is -0.847. The Balaban J connectivity index is 4.07. The van der Waals surface area contributed by atoms with Crippen LogP contribution in [-0.4, -0.2) is 37.2 Å². The van der Waals surface area contributed by atoms with Crippen molar-refractivity contribution in [3.05, 3.63) is 12.2 Å². The van der Waals surface area contributed by atoms with E-state index in [9.17, 15) is 14.4 Å². The summed E-state index contributed by atoms with van der Waals surface area (Å²) in [7, 11) is 0. The van der Waals surface area contributed by atoms with Gasteiger partial charge < -0.3 is 14.2 Å². The maximum atomic E-state index is 12.9. The third-order valence-electron chi connectivity index (χ3n) is 15.8. The Hall–Kier alpha value is -1.85. The van der Waals surface area contributed by atoms with Gasteiger partial charge in [-0.15, -0.1) is 0 Å². The van der Waals surface area contributed by atoms with Crippen LogP contribution >= 0.6 is 0 Å². The van der Waals surface area contributed by atoms with Gasteiger partial charge in [0.2, 0.25) is 0 Å². The molecule has 0 heterocycles. The summed E-state index contributed by atoms with van der Waals surface area (Å²) >= 11 is 0. The van der Waals surface area contributed by atoms with Crippen LogP contribution in [0.3, 0.4) is 0 Å². The Morgan fingerprint density at radius 2 is 0.453 bits per heavy atom. The van der Waals surface area contributed by atoms with Gasteiger partial charge in [0.1, 0.15) is 13.2 Å². The van der Waals surface area contributed by atoms with Crippen LogP contribution in [0.2, 0.25) is 0 Å². The molecular formula is C69H132O6. The van der Waals surface area contributed by atoms with Crippen molar-refractivity contribution in [3.8, 4) is 0 Å². The molecule has 0 saturated heterocycles. The van der Waals surface area contributed by atoms with Gasteiger partial charge in [-0.3, -0.25) is 14.4 Å². The lowest BCUT2D eigenvalue weighted by Crippen LogP contribution is -2.30. The molecule has 0 radical (unpaired) electrons. The lowest BCUT2D eigenvalue weighted by Gasteiger charge is -2.18. The minimum Gasteiger partial charge on any atom is -0.462 e. The maximum Gasteiger partial charge on any atom is 0.306 e. The van der Waals surface area contributed by atoms with Crippen LogP contribution in [0.15, 0.2) is 12.2 Å². The van der Waals surface area contributed by atoms with E-state index in [2.05, 4.69) is 32.9 Å². The van der Waals surface area contributed by atoms with Gasteiger partial charge in [-0.1, -0.05) is 348 Å².